The number of rotatable bonds is 5. The van der Waals surface area contributed by atoms with Crippen LogP contribution in [0.5, 0.6) is 0 Å². The fourth-order valence-electron chi connectivity index (χ4n) is 1.67. The van der Waals surface area contributed by atoms with Crippen LogP contribution < -0.4 is 0 Å². The second-order valence-electron chi connectivity index (χ2n) is 4.63. The van der Waals surface area contributed by atoms with Gasteiger partial charge in [0.2, 0.25) is 0 Å². The highest BCUT2D eigenvalue weighted by Crippen LogP contribution is 2.26. The molecule has 0 aliphatic heterocycles. The lowest BCUT2D eigenvalue weighted by Gasteiger charge is -2.06. The van der Waals surface area contributed by atoms with E-state index >= 15 is 0 Å². The summed E-state index contributed by atoms with van der Waals surface area (Å²) in [6, 6.07) is 0. The lowest BCUT2D eigenvalue weighted by atomic mass is 10.1. The SMILES string of the molecule is CC(C)c1ncc(CCC(C)c2nccs2)s1. The monoisotopic (exact) mass is 266 g/mol. The second kappa shape index (κ2) is 5.74. The normalized spacial score (nSPS) is 13.2. The molecule has 17 heavy (non-hydrogen) atoms. The van der Waals surface area contributed by atoms with Crippen LogP contribution in [0.4, 0.5) is 0 Å². The molecule has 0 aromatic carbocycles. The molecule has 1 unspecified atom stereocenters. The summed E-state index contributed by atoms with van der Waals surface area (Å²) in [5.74, 6) is 1.10. The lowest BCUT2D eigenvalue weighted by Crippen LogP contribution is -1.94. The Bertz CT molecular complexity index is 446. The molecule has 0 spiro atoms. The maximum atomic E-state index is 4.46. The zero-order valence-corrected chi connectivity index (χ0v) is 12.1. The van der Waals surface area contributed by atoms with E-state index in [1.807, 2.05) is 23.7 Å². The summed E-state index contributed by atoms with van der Waals surface area (Å²) in [5, 5.41) is 4.55. The Morgan fingerprint density at radius 2 is 2.00 bits per heavy atom. The first-order valence-electron chi connectivity index (χ1n) is 6.00. The maximum Gasteiger partial charge on any atom is 0.0953 e. The van der Waals surface area contributed by atoms with E-state index in [4.69, 9.17) is 0 Å². The minimum absolute atomic E-state index is 0.546. The minimum atomic E-state index is 0.546. The van der Waals surface area contributed by atoms with E-state index in [0.29, 0.717) is 11.8 Å². The van der Waals surface area contributed by atoms with Crippen molar-refractivity contribution < 1.29 is 0 Å². The summed E-state index contributed by atoms with van der Waals surface area (Å²) >= 11 is 3.61. The van der Waals surface area contributed by atoms with Crippen LogP contribution in [0.15, 0.2) is 17.8 Å². The van der Waals surface area contributed by atoms with Crippen LogP contribution in [0.2, 0.25) is 0 Å². The summed E-state index contributed by atoms with van der Waals surface area (Å²) in [4.78, 5) is 10.2. The molecule has 2 rings (SSSR count). The van der Waals surface area contributed by atoms with Crippen molar-refractivity contribution in [2.24, 2.45) is 0 Å². The zero-order valence-electron chi connectivity index (χ0n) is 10.5. The highest BCUT2D eigenvalue weighted by atomic mass is 32.1. The zero-order chi connectivity index (χ0) is 12.3. The Balaban J connectivity index is 1.89. The first kappa shape index (κ1) is 12.7. The van der Waals surface area contributed by atoms with Gasteiger partial charge >= 0.3 is 0 Å². The van der Waals surface area contributed by atoms with E-state index in [0.717, 1.165) is 12.8 Å². The summed E-state index contributed by atoms with van der Waals surface area (Å²) in [6.07, 6.45) is 6.20. The average molecular weight is 266 g/mol. The molecule has 0 saturated carbocycles. The van der Waals surface area contributed by atoms with Gasteiger partial charge in [-0.05, 0) is 12.8 Å². The van der Waals surface area contributed by atoms with Gasteiger partial charge in [-0.2, -0.15) is 0 Å². The highest BCUT2D eigenvalue weighted by molar-refractivity contribution is 7.11. The van der Waals surface area contributed by atoms with Gasteiger partial charge in [0.15, 0.2) is 0 Å². The van der Waals surface area contributed by atoms with Gasteiger partial charge in [-0.25, -0.2) is 9.97 Å². The van der Waals surface area contributed by atoms with E-state index < -0.39 is 0 Å². The molecule has 2 nitrogen and oxygen atoms in total. The molecule has 4 heteroatoms. The molecule has 0 amide bonds. The van der Waals surface area contributed by atoms with Crippen LogP contribution in [-0.2, 0) is 6.42 Å². The second-order valence-corrected chi connectivity index (χ2v) is 6.70. The third-order valence-electron chi connectivity index (χ3n) is 2.76. The van der Waals surface area contributed by atoms with Gasteiger partial charge in [-0.3, -0.25) is 0 Å². The molecular weight excluding hydrogens is 248 g/mol. The van der Waals surface area contributed by atoms with Crippen molar-refractivity contribution in [2.75, 3.05) is 0 Å². The van der Waals surface area contributed by atoms with Crippen molar-refractivity contribution in [3.05, 3.63) is 32.7 Å². The first-order chi connectivity index (χ1) is 8.16. The summed E-state index contributed by atoms with van der Waals surface area (Å²) < 4.78 is 0. The molecule has 0 radical (unpaired) electrons. The average Bonchev–Trinajstić information content (AvgIpc) is 2.97. The van der Waals surface area contributed by atoms with E-state index in [2.05, 4.69) is 36.1 Å². The number of aromatic nitrogens is 2. The predicted octanol–water partition coefficient (Wildman–Crippen LogP) is 4.46. The van der Waals surface area contributed by atoms with Crippen molar-refractivity contribution in [3.63, 3.8) is 0 Å². The van der Waals surface area contributed by atoms with Gasteiger partial charge in [0.05, 0.1) is 10.0 Å². The molecule has 2 aromatic heterocycles. The Kier molecular flexibility index (Phi) is 4.29. The third-order valence-corrected chi connectivity index (χ3v) is 5.13. The van der Waals surface area contributed by atoms with E-state index in [1.54, 1.807) is 11.3 Å². The molecule has 1 atom stereocenters. The van der Waals surface area contributed by atoms with E-state index in [-0.39, 0.29) is 0 Å². The Morgan fingerprint density at radius 3 is 2.59 bits per heavy atom. The van der Waals surface area contributed by atoms with Crippen molar-refractivity contribution in [3.8, 4) is 0 Å². The maximum absolute atomic E-state index is 4.46. The molecule has 2 heterocycles. The molecule has 0 saturated heterocycles. The van der Waals surface area contributed by atoms with Crippen LogP contribution in [0.1, 0.15) is 53.9 Å². The summed E-state index contributed by atoms with van der Waals surface area (Å²) in [6.45, 7) is 6.64. The molecule has 0 fully saturated rings. The number of hydrogen-bond acceptors (Lipinski definition) is 4. The molecule has 0 aliphatic rings. The van der Waals surface area contributed by atoms with Gasteiger partial charge in [0, 0.05) is 34.5 Å². The third kappa shape index (κ3) is 3.36. The van der Waals surface area contributed by atoms with Gasteiger partial charge in [-0.15, -0.1) is 22.7 Å². The number of aryl methyl sites for hydroxylation is 1. The van der Waals surface area contributed by atoms with Crippen LogP contribution in [0.25, 0.3) is 0 Å². The smallest absolute Gasteiger partial charge is 0.0953 e. The Labute approximate surface area is 111 Å². The standard InChI is InChI=1S/C13H18N2S2/c1-9(2)12-15-8-11(17-12)5-4-10(3)13-14-6-7-16-13/h6-10H,4-5H2,1-3H3. The molecule has 0 aliphatic carbocycles. The Hall–Kier alpha value is -0.740. The van der Waals surface area contributed by atoms with Gasteiger partial charge in [0.25, 0.3) is 0 Å². The fourth-order valence-corrected chi connectivity index (χ4v) is 3.33. The largest absolute Gasteiger partial charge is 0.249 e. The van der Waals surface area contributed by atoms with Crippen LogP contribution >= 0.6 is 22.7 Å². The van der Waals surface area contributed by atoms with Crippen molar-refractivity contribution in [2.45, 2.75) is 45.4 Å². The molecule has 0 N–H and O–H groups in total. The van der Waals surface area contributed by atoms with Crippen LogP contribution in [0.3, 0.4) is 0 Å². The Morgan fingerprint density at radius 1 is 1.18 bits per heavy atom. The van der Waals surface area contributed by atoms with E-state index in [9.17, 15) is 0 Å². The summed E-state index contributed by atoms with van der Waals surface area (Å²) in [7, 11) is 0. The first-order valence-corrected chi connectivity index (χ1v) is 7.70. The summed E-state index contributed by atoms with van der Waals surface area (Å²) in [5.41, 5.74) is 0. The molecule has 2 aromatic rings. The van der Waals surface area contributed by atoms with Crippen LogP contribution in [-0.4, -0.2) is 9.97 Å². The molecule has 92 valence electrons. The molecular formula is C13H18N2S2. The highest BCUT2D eigenvalue weighted by Gasteiger charge is 2.10. The van der Waals surface area contributed by atoms with Crippen molar-refractivity contribution >= 4 is 22.7 Å². The van der Waals surface area contributed by atoms with Crippen molar-refractivity contribution in [1.82, 2.24) is 9.97 Å². The number of nitrogens with zero attached hydrogens (tertiary/aromatic N) is 2. The van der Waals surface area contributed by atoms with Gasteiger partial charge in [-0.1, -0.05) is 20.8 Å². The topological polar surface area (TPSA) is 25.8 Å². The van der Waals surface area contributed by atoms with Crippen molar-refractivity contribution in [1.29, 1.82) is 0 Å². The lowest BCUT2D eigenvalue weighted by molar-refractivity contribution is 0.679. The predicted molar refractivity (Wildman–Crippen MR) is 75.1 cm³/mol. The fraction of sp³-hybridized carbons (Fsp3) is 0.538. The number of thiazole rings is 2. The van der Waals surface area contributed by atoms with Gasteiger partial charge < -0.3 is 0 Å². The van der Waals surface area contributed by atoms with Crippen LogP contribution in [0, 0.1) is 0 Å². The van der Waals surface area contributed by atoms with Gasteiger partial charge in [0.1, 0.15) is 0 Å². The minimum Gasteiger partial charge on any atom is -0.249 e. The van der Waals surface area contributed by atoms with E-state index in [1.165, 1.54) is 14.9 Å². The molecule has 0 bridgehead atoms. The quantitative estimate of drug-likeness (QED) is 0.798. The number of hydrogen-bond donors (Lipinski definition) is 0.